The standard InChI is InChI=1S/C13H24/c1-3-4-12-5-7-13(8-6-12)9-11(2)10-13/h11-12H,3-10H2,1-2H3. The van der Waals surface area contributed by atoms with Crippen LogP contribution in [0.5, 0.6) is 0 Å². The maximum Gasteiger partial charge on any atom is -0.0292 e. The van der Waals surface area contributed by atoms with Crippen molar-refractivity contribution in [3.8, 4) is 0 Å². The smallest absolute Gasteiger partial charge is 0.0292 e. The van der Waals surface area contributed by atoms with Gasteiger partial charge in [0, 0.05) is 0 Å². The Balaban J connectivity index is 1.77. The Morgan fingerprint density at radius 3 is 2.23 bits per heavy atom. The van der Waals surface area contributed by atoms with Crippen LogP contribution in [0.1, 0.15) is 65.2 Å². The summed E-state index contributed by atoms with van der Waals surface area (Å²) in [6.07, 6.45) is 12.2. The van der Waals surface area contributed by atoms with Crippen LogP contribution in [0.25, 0.3) is 0 Å². The zero-order valence-corrected chi connectivity index (χ0v) is 9.31. The van der Waals surface area contributed by atoms with E-state index in [-0.39, 0.29) is 0 Å². The molecule has 2 rings (SSSR count). The Bertz CT molecular complexity index is 155. The molecule has 2 fully saturated rings. The van der Waals surface area contributed by atoms with E-state index in [0.29, 0.717) is 0 Å². The second-order valence-corrected chi connectivity index (χ2v) is 5.75. The van der Waals surface area contributed by atoms with Gasteiger partial charge in [-0.05, 0) is 55.8 Å². The summed E-state index contributed by atoms with van der Waals surface area (Å²) < 4.78 is 0. The Kier molecular flexibility index (Phi) is 2.67. The lowest BCUT2D eigenvalue weighted by Crippen LogP contribution is -2.39. The van der Waals surface area contributed by atoms with Gasteiger partial charge in [0.25, 0.3) is 0 Å². The van der Waals surface area contributed by atoms with Crippen molar-refractivity contribution >= 4 is 0 Å². The Morgan fingerprint density at radius 2 is 1.77 bits per heavy atom. The Labute approximate surface area is 83.1 Å². The van der Waals surface area contributed by atoms with E-state index < -0.39 is 0 Å². The molecule has 0 aliphatic heterocycles. The van der Waals surface area contributed by atoms with Crippen molar-refractivity contribution in [2.24, 2.45) is 17.3 Å². The van der Waals surface area contributed by atoms with E-state index in [1.807, 2.05) is 0 Å². The van der Waals surface area contributed by atoms with Crippen LogP contribution in [0, 0.1) is 17.3 Å². The third kappa shape index (κ3) is 1.92. The first-order chi connectivity index (χ1) is 6.24. The molecule has 13 heavy (non-hydrogen) atoms. The van der Waals surface area contributed by atoms with Crippen LogP contribution >= 0.6 is 0 Å². The van der Waals surface area contributed by atoms with Crippen molar-refractivity contribution in [1.82, 2.24) is 0 Å². The molecular formula is C13H24. The van der Waals surface area contributed by atoms with Gasteiger partial charge in [0.2, 0.25) is 0 Å². The summed E-state index contributed by atoms with van der Waals surface area (Å²) in [6.45, 7) is 4.75. The highest BCUT2D eigenvalue weighted by molar-refractivity contribution is 4.94. The van der Waals surface area contributed by atoms with Crippen LogP contribution in [-0.2, 0) is 0 Å². The van der Waals surface area contributed by atoms with Gasteiger partial charge in [0.05, 0.1) is 0 Å². The van der Waals surface area contributed by atoms with Gasteiger partial charge in [-0.3, -0.25) is 0 Å². The molecule has 2 aliphatic rings. The van der Waals surface area contributed by atoms with E-state index in [4.69, 9.17) is 0 Å². The minimum atomic E-state index is 0.851. The molecule has 0 aromatic carbocycles. The topological polar surface area (TPSA) is 0 Å². The van der Waals surface area contributed by atoms with Crippen LogP contribution < -0.4 is 0 Å². The molecule has 0 aromatic rings. The summed E-state index contributed by atoms with van der Waals surface area (Å²) >= 11 is 0. The molecule has 76 valence electrons. The van der Waals surface area contributed by atoms with Gasteiger partial charge < -0.3 is 0 Å². The average Bonchev–Trinajstić information content (AvgIpc) is 2.07. The molecule has 0 bridgehead atoms. The molecule has 0 heterocycles. The predicted molar refractivity (Wildman–Crippen MR) is 57.7 cm³/mol. The lowest BCUT2D eigenvalue weighted by Gasteiger charge is -2.51. The second-order valence-electron chi connectivity index (χ2n) is 5.75. The van der Waals surface area contributed by atoms with Crippen LogP contribution in [0.15, 0.2) is 0 Å². The van der Waals surface area contributed by atoms with Crippen molar-refractivity contribution in [1.29, 1.82) is 0 Å². The summed E-state index contributed by atoms with van der Waals surface area (Å²) in [7, 11) is 0. The summed E-state index contributed by atoms with van der Waals surface area (Å²) in [4.78, 5) is 0. The van der Waals surface area contributed by atoms with Crippen LogP contribution in [0.2, 0.25) is 0 Å². The van der Waals surface area contributed by atoms with Crippen molar-refractivity contribution in [2.75, 3.05) is 0 Å². The fourth-order valence-electron chi connectivity index (χ4n) is 3.81. The lowest BCUT2D eigenvalue weighted by molar-refractivity contribution is 0.00737. The SMILES string of the molecule is CCCC1CCC2(CC1)CC(C)C2. The van der Waals surface area contributed by atoms with Crippen molar-refractivity contribution < 1.29 is 0 Å². The summed E-state index contributed by atoms with van der Waals surface area (Å²) in [5, 5.41) is 0. The molecule has 2 saturated carbocycles. The van der Waals surface area contributed by atoms with Gasteiger partial charge in [-0.2, -0.15) is 0 Å². The van der Waals surface area contributed by atoms with Crippen molar-refractivity contribution in [3.05, 3.63) is 0 Å². The number of hydrogen-bond acceptors (Lipinski definition) is 0. The first-order valence-electron chi connectivity index (χ1n) is 6.24. The van der Waals surface area contributed by atoms with Crippen LogP contribution in [0.4, 0.5) is 0 Å². The third-order valence-corrected chi connectivity index (χ3v) is 4.43. The maximum atomic E-state index is 2.42. The van der Waals surface area contributed by atoms with Gasteiger partial charge in [-0.1, -0.05) is 26.7 Å². The van der Waals surface area contributed by atoms with Gasteiger partial charge >= 0.3 is 0 Å². The van der Waals surface area contributed by atoms with Crippen molar-refractivity contribution in [2.45, 2.75) is 65.2 Å². The Hall–Kier alpha value is 0. The van der Waals surface area contributed by atoms with Crippen LogP contribution in [0.3, 0.4) is 0 Å². The van der Waals surface area contributed by atoms with Gasteiger partial charge in [0.15, 0.2) is 0 Å². The number of hydrogen-bond donors (Lipinski definition) is 0. The highest BCUT2D eigenvalue weighted by atomic mass is 14.5. The Morgan fingerprint density at radius 1 is 1.15 bits per heavy atom. The van der Waals surface area contributed by atoms with Crippen LogP contribution in [-0.4, -0.2) is 0 Å². The molecule has 0 aromatic heterocycles. The van der Waals surface area contributed by atoms with Gasteiger partial charge in [0.1, 0.15) is 0 Å². The molecule has 0 radical (unpaired) electrons. The molecule has 0 saturated heterocycles. The molecule has 0 nitrogen and oxygen atoms in total. The van der Waals surface area contributed by atoms with E-state index in [9.17, 15) is 0 Å². The summed E-state index contributed by atoms with van der Waals surface area (Å²) in [5.74, 6) is 2.13. The number of rotatable bonds is 2. The molecule has 0 N–H and O–H groups in total. The molecule has 0 unspecified atom stereocenters. The first-order valence-corrected chi connectivity index (χ1v) is 6.24. The predicted octanol–water partition coefficient (Wildman–Crippen LogP) is 4.39. The fourth-order valence-corrected chi connectivity index (χ4v) is 3.81. The summed E-state index contributed by atoms with van der Waals surface area (Å²) in [6, 6.07) is 0. The van der Waals surface area contributed by atoms with Gasteiger partial charge in [-0.15, -0.1) is 0 Å². The van der Waals surface area contributed by atoms with E-state index in [2.05, 4.69) is 13.8 Å². The van der Waals surface area contributed by atoms with E-state index in [1.54, 1.807) is 38.5 Å². The largest absolute Gasteiger partial charge is 0.0654 e. The normalized spacial score (nSPS) is 44.8. The highest BCUT2D eigenvalue weighted by Gasteiger charge is 2.43. The molecule has 1 spiro atoms. The second kappa shape index (κ2) is 3.63. The molecule has 0 amide bonds. The average molecular weight is 180 g/mol. The highest BCUT2D eigenvalue weighted by Crippen LogP contribution is 2.55. The van der Waals surface area contributed by atoms with Gasteiger partial charge in [-0.25, -0.2) is 0 Å². The fraction of sp³-hybridized carbons (Fsp3) is 1.00. The quantitative estimate of drug-likeness (QED) is 0.591. The zero-order chi connectivity index (χ0) is 9.31. The first kappa shape index (κ1) is 9.55. The van der Waals surface area contributed by atoms with E-state index >= 15 is 0 Å². The summed E-state index contributed by atoms with van der Waals surface area (Å²) in [5.41, 5.74) is 0.851. The minimum absolute atomic E-state index is 0.851. The lowest BCUT2D eigenvalue weighted by atomic mass is 9.55. The van der Waals surface area contributed by atoms with Crippen molar-refractivity contribution in [3.63, 3.8) is 0 Å². The van der Waals surface area contributed by atoms with E-state index in [1.165, 1.54) is 12.8 Å². The zero-order valence-electron chi connectivity index (χ0n) is 9.31. The molecule has 0 atom stereocenters. The molecule has 2 aliphatic carbocycles. The minimum Gasteiger partial charge on any atom is -0.0654 e. The molecule has 0 heteroatoms. The monoisotopic (exact) mass is 180 g/mol. The van der Waals surface area contributed by atoms with E-state index in [0.717, 1.165) is 17.3 Å². The molecular weight excluding hydrogens is 156 g/mol. The third-order valence-electron chi connectivity index (χ3n) is 4.43. The maximum absolute atomic E-state index is 2.42.